The average Bonchev–Trinajstić information content (AvgIpc) is 2.46. The second-order valence-electron chi connectivity index (χ2n) is 6.73. The molecule has 2 saturated carbocycles. The zero-order valence-corrected chi connectivity index (χ0v) is 12.5. The third kappa shape index (κ3) is 3.33. The first-order valence-corrected chi connectivity index (χ1v) is 8.06. The summed E-state index contributed by atoms with van der Waals surface area (Å²) in [6.45, 7) is 2.45. The summed E-state index contributed by atoms with van der Waals surface area (Å²) in [6.07, 6.45) is 8.82. The Bertz CT molecular complexity index is 361. The van der Waals surface area contributed by atoms with Crippen molar-refractivity contribution in [3.05, 3.63) is 0 Å². The second kappa shape index (κ2) is 6.59. The lowest BCUT2D eigenvalue weighted by Gasteiger charge is -2.34. The van der Waals surface area contributed by atoms with Gasteiger partial charge in [-0.1, -0.05) is 39.0 Å². The summed E-state index contributed by atoms with van der Waals surface area (Å²) in [7, 11) is 0. The van der Waals surface area contributed by atoms with Crippen LogP contribution in [-0.2, 0) is 9.59 Å². The van der Waals surface area contributed by atoms with Crippen molar-refractivity contribution >= 4 is 11.9 Å². The minimum atomic E-state index is -0.741. The van der Waals surface area contributed by atoms with Crippen molar-refractivity contribution in [2.24, 2.45) is 17.3 Å². The summed E-state index contributed by atoms with van der Waals surface area (Å²) in [5.41, 5.74) is -0.716. The zero-order valence-electron chi connectivity index (χ0n) is 12.5. The maximum Gasteiger partial charge on any atom is 0.311 e. The van der Waals surface area contributed by atoms with Gasteiger partial charge in [0, 0.05) is 12.5 Å². The van der Waals surface area contributed by atoms with E-state index in [0.29, 0.717) is 25.3 Å². The number of carboxylic acids is 1. The Balaban J connectivity index is 1.91. The fourth-order valence-electron chi connectivity index (χ4n) is 3.79. The predicted molar refractivity (Wildman–Crippen MR) is 77.3 cm³/mol. The molecule has 2 N–H and O–H groups in total. The molecule has 2 aliphatic rings. The number of carbonyl (C=O) groups excluding carboxylic acids is 1. The van der Waals surface area contributed by atoms with Gasteiger partial charge in [0.05, 0.1) is 5.41 Å². The number of carboxylic acid groups (broad SMARTS) is 1. The van der Waals surface area contributed by atoms with E-state index in [0.717, 1.165) is 38.5 Å². The zero-order chi connectivity index (χ0) is 14.6. The minimum Gasteiger partial charge on any atom is -0.481 e. The van der Waals surface area contributed by atoms with E-state index < -0.39 is 11.4 Å². The summed E-state index contributed by atoms with van der Waals surface area (Å²) >= 11 is 0. The fourth-order valence-corrected chi connectivity index (χ4v) is 3.79. The second-order valence-corrected chi connectivity index (χ2v) is 6.73. The largest absolute Gasteiger partial charge is 0.481 e. The Morgan fingerprint density at radius 2 is 1.75 bits per heavy atom. The Hall–Kier alpha value is -1.06. The lowest BCUT2D eigenvalue weighted by molar-refractivity contribution is -0.151. The molecule has 2 atom stereocenters. The van der Waals surface area contributed by atoms with Gasteiger partial charge in [-0.15, -0.1) is 0 Å². The van der Waals surface area contributed by atoms with E-state index in [1.807, 2.05) is 0 Å². The molecule has 1 amide bonds. The molecule has 0 aliphatic heterocycles. The summed E-state index contributed by atoms with van der Waals surface area (Å²) in [4.78, 5) is 23.9. The number of rotatable bonds is 4. The third-order valence-electron chi connectivity index (χ3n) is 5.31. The van der Waals surface area contributed by atoms with E-state index in [-0.39, 0.29) is 11.8 Å². The van der Waals surface area contributed by atoms with Crippen molar-refractivity contribution in [3.8, 4) is 0 Å². The monoisotopic (exact) mass is 281 g/mol. The molecule has 0 bridgehead atoms. The quantitative estimate of drug-likeness (QED) is 0.832. The molecule has 0 aromatic carbocycles. The molecular weight excluding hydrogens is 254 g/mol. The van der Waals surface area contributed by atoms with Crippen LogP contribution < -0.4 is 5.32 Å². The highest BCUT2D eigenvalue weighted by Crippen LogP contribution is 2.36. The molecule has 114 valence electrons. The van der Waals surface area contributed by atoms with Crippen molar-refractivity contribution in [1.29, 1.82) is 0 Å². The standard InChI is InChI=1S/C16H27NO3/c1-12-7-3-4-8-13(12)14(18)17-11-16(15(19)20)9-5-2-6-10-16/h12-13H,2-11H2,1H3,(H,17,18)(H,19,20). The smallest absolute Gasteiger partial charge is 0.311 e. The molecule has 2 aliphatic carbocycles. The molecule has 0 aromatic rings. The first-order chi connectivity index (χ1) is 9.55. The van der Waals surface area contributed by atoms with E-state index in [9.17, 15) is 14.7 Å². The van der Waals surface area contributed by atoms with Crippen LogP contribution in [0, 0.1) is 17.3 Å². The molecule has 4 nitrogen and oxygen atoms in total. The van der Waals surface area contributed by atoms with Crippen LogP contribution in [0.1, 0.15) is 64.7 Å². The van der Waals surface area contributed by atoms with Gasteiger partial charge in [-0.25, -0.2) is 0 Å². The van der Waals surface area contributed by atoms with Crippen molar-refractivity contribution < 1.29 is 14.7 Å². The number of hydrogen-bond acceptors (Lipinski definition) is 2. The van der Waals surface area contributed by atoms with Crippen molar-refractivity contribution in [1.82, 2.24) is 5.32 Å². The first-order valence-electron chi connectivity index (χ1n) is 8.06. The molecule has 0 spiro atoms. The normalized spacial score (nSPS) is 29.6. The number of carbonyl (C=O) groups is 2. The van der Waals surface area contributed by atoms with E-state index in [2.05, 4.69) is 12.2 Å². The molecule has 2 fully saturated rings. The van der Waals surface area contributed by atoms with Gasteiger partial charge in [-0.2, -0.15) is 0 Å². The van der Waals surface area contributed by atoms with Crippen LogP contribution >= 0.6 is 0 Å². The molecule has 2 rings (SSSR count). The molecule has 0 heterocycles. The Labute approximate surface area is 121 Å². The Kier molecular flexibility index (Phi) is 5.06. The van der Waals surface area contributed by atoms with E-state index >= 15 is 0 Å². The third-order valence-corrected chi connectivity index (χ3v) is 5.31. The van der Waals surface area contributed by atoms with E-state index in [1.165, 1.54) is 6.42 Å². The molecule has 0 aromatic heterocycles. The van der Waals surface area contributed by atoms with Crippen LogP contribution in [0.3, 0.4) is 0 Å². The highest BCUT2D eigenvalue weighted by molar-refractivity contribution is 5.81. The molecule has 4 heteroatoms. The summed E-state index contributed by atoms with van der Waals surface area (Å²) in [5, 5.41) is 12.5. The van der Waals surface area contributed by atoms with Gasteiger partial charge in [0.2, 0.25) is 5.91 Å². The summed E-state index contributed by atoms with van der Waals surface area (Å²) < 4.78 is 0. The van der Waals surface area contributed by atoms with E-state index in [1.54, 1.807) is 0 Å². The number of amides is 1. The Morgan fingerprint density at radius 1 is 1.10 bits per heavy atom. The van der Waals surface area contributed by atoms with Gasteiger partial charge < -0.3 is 10.4 Å². The highest BCUT2D eigenvalue weighted by Gasteiger charge is 2.40. The van der Waals surface area contributed by atoms with Gasteiger partial charge in [0.25, 0.3) is 0 Å². The van der Waals surface area contributed by atoms with Crippen LogP contribution in [0.2, 0.25) is 0 Å². The lowest BCUT2D eigenvalue weighted by Crippen LogP contribution is -2.46. The maximum absolute atomic E-state index is 12.3. The fraction of sp³-hybridized carbons (Fsp3) is 0.875. The lowest BCUT2D eigenvalue weighted by atomic mass is 9.73. The van der Waals surface area contributed by atoms with Crippen LogP contribution in [0.25, 0.3) is 0 Å². The molecule has 0 saturated heterocycles. The van der Waals surface area contributed by atoms with Crippen LogP contribution in [0.15, 0.2) is 0 Å². The Morgan fingerprint density at radius 3 is 2.35 bits per heavy atom. The van der Waals surface area contributed by atoms with Crippen molar-refractivity contribution in [2.75, 3.05) is 6.54 Å². The van der Waals surface area contributed by atoms with Gasteiger partial charge in [0.15, 0.2) is 0 Å². The SMILES string of the molecule is CC1CCCCC1C(=O)NCC1(C(=O)O)CCCCC1. The van der Waals surface area contributed by atoms with Gasteiger partial charge >= 0.3 is 5.97 Å². The maximum atomic E-state index is 12.3. The van der Waals surface area contributed by atoms with E-state index in [4.69, 9.17) is 0 Å². The molecule has 20 heavy (non-hydrogen) atoms. The molecule has 2 unspecified atom stereocenters. The summed E-state index contributed by atoms with van der Waals surface area (Å²) in [5.74, 6) is -0.160. The average molecular weight is 281 g/mol. The number of nitrogens with one attached hydrogen (secondary N) is 1. The molecule has 0 radical (unpaired) electrons. The summed E-state index contributed by atoms with van der Waals surface area (Å²) in [6, 6.07) is 0. The highest BCUT2D eigenvalue weighted by atomic mass is 16.4. The van der Waals surface area contributed by atoms with Gasteiger partial charge in [-0.3, -0.25) is 9.59 Å². The predicted octanol–water partition coefficient (Wildman–Crippen LogP) is 2.96. The van der Waals surface area contributed by atoms with Crippen molar-refractivity contribution in [3.63, 3.8) is 0 Å². The van der Waals surface area contributed by atoms with Crippen LogP contribution in [0.4, 0.5) is 0 Å². The van der Waals surface area contributed by atoms with Gasteiger partial charge in [-0.05, 0) is 31.6 Å². The first kappa shape index (κ1) is 15.3. The van der Waals surface area contributed by atoms with Crippen molar-refractivity contribution in [2.45, 2.75) is 64.7 Å². The number of aliphatic carboxylic acids is 1. The minimum absolute atomic E-state index is 0.0726. The van der Waals surface area contributed by atoms with Crippen LogP contribution in [-0.4, -0.2) is 23.5 Å². The number of hydrogen-bond donors (Lipinski definition) is 2. The topological polar surface area (TPSA) is 66.4 Å². The van der Waals surface area contributed by atoms with Gasteiger partial charge in [0.1, 0.15) is 0 Å². The molecular formula is C16H27NO3. The van der Waals surface area contributed by atoms with Crippen LogP contribution in [0.5, 0.6) is 0 Å².